The summed E-state index contributed by atoms with van der Waals surface area (Å²) in [6.07, 6.45) is 20.3. The molecule has 3 rings (SSSR count). The average Bonchev–Trinajstić information content (AvgIpc) is 3.52. The number of nitrogens with zero attached hydrogens (tertiary/aromatic N) is 1. The number of hydrogen-bond donors (Lipinski definition) is 1. The van der Waals surface area contributed by atoms with Crippen molar-refractivity contribution < 1.29 is 19.1 Å². The van der Waals surface area contributed by atoms with Crippen molar-refractivity contribution in [2.24, 2.45) is 0 Å². The third kappa shape index (κ3) is 15.0. The fraction of sp³-hybridized carbons (Fsp3) is 0.556. The molecule has 0 bridgehead atoms. The van der Waals surface area contributed by atoms with E-state index in [0.29, 0.717) is 23.7 Å². The van der Waals surface area contributed by atoms with Crippen molar-refractivity contribution in [3.05, 3.63) is 65.2 Å². The first-order chi connectivity index (χ1) is 21.1. The monoisotopic (exact) mass is 688 g/mol. The quantitative estimate of drug-likeness (QED) is 0.0926. The lowest BCUT2D eigenvalue weighted by molar-refractivity contribution is -0.118. The molecule has 1 N–H and O–H groups in total. The number of amides is 1. The van der Waals surface area contributed by atoms with E-state index in [0.717, 1.165) is 31.0 Å². The van der Waals surface area contributed by atoms with Crippen molar-refractivity contribution in [1.82, 2.24) is 4.90 Å². The van der Waals surface area contributed by atoms with E-state index in [4.69, 9.17) is 9.47 Å². The number of halogens is 1. The van der Waals surface area contributed by atoms with Gasteiger partial charge < -0.3 is 19.7 Å². The van der Waals surface area contributed by atoms with Gasteiger partial charge >= 0.3 is 0 Å². The Bertz CT molecular complexity index is 1130. The number of carbonyl (C=O) groups excluding carboxylic acids is 2. The summed E-state index contributed by atoms with van der Waals surface area (Å²) in [6.45, 7) is 4.98. The van der Waals surface area contributed by atoms with E-state index in [1.807, 2.05) is 24.3 Å². The second-order valence-electron chi connectivity index (χ2n) is 11.5. The molecule has 1 aliphatic rings. The van der Waals surface area contributed by atoms with Gasteiger partial charge in [0.2, 0.25) is 0 Å². The molecule has 0 aromatic heterocycles. The molecule has 1 heterocycles. The number of ether oxygens (including phenoxy) is 2. The van der Waals surface area contributed by atoms with E-state index in [1.54, 1.807) is 30.0 Å². The maximum absolute atomic E-state index is 12.6. The maximum Gasteiger partial charge on any atom is 0.262 e. The minimum atomic E-state index is -0.266. The van der Waals surface area contributed by atoms with Gasteiger partial charge in [0, 0.05) is 18.4 Å². The molecule has 0 saturated heterocycles. The molecular formula is C36H53BrN2O4S. The first-order valence-corrected chi connectivity index (χ1v) is 17.4. The molecule has 2 aromatic carbocycles. The zero-order chi connectivity index (χ0) is 30.5. The maximum atomic E-state index is 12.6. The number of hydrogen-bond acceptors (Lipinski definition) is 6. The summed E-state index contributed by atoms with van der Waals surface area (Å²) in [7, 11) is 0. The van der Waals surface area contributed by atoms with Gasteiger partial charge in [-0.15, -0.1) is 28.7 Å². The number of carbonyl (C=O) groups is 2. The molecule has 0 fully saturated rings. The topological polar surface area (TPSA) is 67.9 Å². The molecule has 2 aromatic rings. The summed E-state index contributed by atoms with van der Waals surface area (Å²) < 4.78 is 11.9. The lowest BCUT2D eigenvalue weighted by atomic mass is 10.0. The number of unbranched alkanes of at least 4 members (excludes halogenated alkanes) is 13. The summed E-state index contributed by atoms with van der Waals surface area (Å²) in [6, 6.07) is 13.1. The first-order valence-electron chi connectivity index (χ1n) is 16.4. The first kappa shape index (κ1) is 37.7. The Hall–Kier alpha value is -2.45. The Kier molecular flexibility index (Phi) is 19.7. The van der Waals surface area contributed by atoms with E-state index >= 15 is 0 Å². The van der Waals surface area contributed by atoms with Crippen LogP contribution in [0.15, 0.2) is 54.1 Å². The molecular weight excluding hydrogens is 636 g/mol. The highest BCUT2D eigenvalue weighted by Crippen LogP contribution is 2.32. The second kappa shape index (κ2) is 23.0. The summed E-state index contributed by atoms with van der Waals surface area (Å²) in [5.74, 6) is 1.45. The Morgan fingerprint density at radius 3 is 2.00 bits per heavy atom. The molecule has 0 saturated carbocycles. The minimum absolute atomic E-state index is 0. The number of Topliss-reactive ketones (excluding diaryl/α,β-unsaturated/α-hetero) is 1. The Morgan fingerprint density at radius 1 is 0.818 bits per heavy atom. The fourth-order valence-electron chi connectivity index (χ4n) is 5.20. The van der Waals surface area contributed by atoms with Gasteiger partial charge in [-0.1, -0.05) is 109 Å². The number of ketones is 1. The van der Waals surface area contributed by atoms with Crippen LogP contribution in [0.25, 0.3) is 0 Å². The molecule has 0 spiro atoms. The van der Waals surface area contributed by atoms with Crippen LogP contribution in [0.3, 0.4) is 0 Å². The Morgan fingerprint density at radius 2 is 1.43 bits per heavy atom. The third-order valence-corrected chi connectivity index (χ3v) is 8.49. The lowest BCUT2D eigenvalue weighted by Crippen LogP contribution is -2.20. The van der Waals surface area contributed by atoms with Gasteiger partial charge in [0.25, 0.3) is 5.91 Å². The molecule has 0 atom stereocenters. The van der Waals surface area contributed by atoms with Crippen molar-refractivity contribution in [3.63, 3.8) is 0 Å². The third-order valence-electron chi connectivity index (χ3n) is 7.69. The molecule has 6 nitrogen and oxygen atoms in total. The van der Waals surface area contributed by atoms with Gasteiger partial charge in [0.1, 0.15) is 0 Å². The number of para-hydroxylation sites is 1. The van der Waals surface area contributed by atoms with Gasteiger partial charge in [-0.25, -0.2) is 0 Å². The van der Waals surface area contributed by atoms with E-state index < -0.39 is 0 Å². The van der Waals surface area contributed by atoms with Crippen molar-refractivity contribution in [1.29, 1.82) is 0 Å². The predicted octanol–water partition coefficient (Wildman–Crippen LogP) is 10.3. The summed E-state index contributed by atoms with van der Waals surface area (Å²) >= 11 is 1.78. The van der Waals surface area contributed by atoms with Crippen LogP contribution in [-0.2, 0) is 11.3 Å². The molecule has 244 valence electrons. The average molecular weight is 690 g/mol. The van der Waals surface area contributed by atoms with Gasteiger partial charge in [0.15, 0.2) is 23.9 Å². The van der Waals surface area contributed by atoms with Crippen molar-refractivity contribution in [2.75, 3.05) is 24.4 Å². The molecule has 44 heavy (non-hydrogen) atoms. The molecule has 0 unspecified atom stereocenters. The van der Waals surface area contributed by atoms with Gasteiger partial charge in [-0.05, 0) is 48.6 Å². The molecule has 1 amide bonds. The highest BCUT2D eigenvalue weighted by atomic mass is 79.9. The zero-order valence-corrected chi connectivity index (χ0v) is 29.4. The van der Waals surface area contributed by atoms with Gasteiger partial charge in [-0.3, -0.25) is 9.59 Å². The van der Waals surface area contributed by atoms with Crippen LogP contribution >= 0.6 is 28.7 Å². The number of anilines is 1. The number of benzene rings is 2. The predicted molar refractivity (Wildman–Crippen MR) is 190 cm³/mol. The van der Waals surface area contributed by atoms with E-state index in [1.165, 1.54) is 89.5 Å². The van der Waals surface area contributed by atoms with Crippen molar-refractivity contribution in [3.8, 4) is 11.5 Å². The van der Waals surface area contributed by atoms with Crippen molar-refractivity contribution >= 4 is 46.1 Å². The van der Waals surface area contributed by atoms with E-state index in [-0.39, 0.29) is 35.3 Å². The highest BCUT2D eigenvalue weighted by Gasteiger charge is 2.16. The SMILES string of the molecule is Br.CCCCCCCCCCCCCCCCOc1c(OCC(=O)Nc2ccc(CN3C=CSC3)cc2)cccc1C(C)=O. The molecule has 1 aliphatic heterocycles. The largest absolute Gasteiger partial charge is 0.489 e. The summed E-state index contributed by atoms with van der Waals surface area (Å²) in [5, 5.41) is 4.98. The van der Waals surface area contributed by atoms with Crippen LogP contribution in [0.2, 0.25) is 0 Å². The highest BCUT2D eigenvalue weighted by molar-refractivity contribution is 8.93. The normalized spacial score (nSPS) is 12.2. The van der Waals surface area contributed by atoms with E-state index in [9.17, 15) is 9.59 Å². The summed E-state index contributed by atoms with van der Waals surface area (Å²) in [4.78, 5) is 27.1. The zero-order valence-electron chi connectivity index (χ0n) is 26.8. The minimum Gasteiger partial charge on any atom is -0.489 e. The summed E-state index contributed by atoms with van der Waals surface area (Å²) in [5.41, 5.74) is 2.38. The van der Waals surface area contributed by atoms with Gasteiger partial charge in [0.05, 0.1) is 18.0 Å². The fourth-order valence-corrected chi connectivity index (χ4v) is 5.92. The van der Waals surface area contributed by atoms with Crippen LogP contribution in [0, 0.1) is 0 Å². The van der Waals surface area contributed by atoms with Crippen LogP contribution in [0.4, 0.5) is 5.69 Å². The Balaban J connectivity index is 0.00000675. The molecule has 0 aliphatic carbocycles. The van der Waals surface area contributed by atoms with Crippen molar-refractivity contribution in [2.45, 2.75) is 110 Å². The van der Waals surface area contributed by atoms with E-state index in [2.05, 4.69) is 28.7 Å². The van der Waals surface area contributed by atoms with Crippen LogP contribution in [0.1, 0.15) is 120 Å². The van der Waals surface area contributed by atoms with Crippen LogP contribution in [0.5, 0.6) is 11.5 Å². The number of thioether (sulfide) groups is 1. The number of rotatable bonds is 23. The van der Waals surface area contributed by atoms with Gasteiger partial charge in [-0.2, -0.15) is 0 Å². The standard InChI is InChI=1S/C36H52N2O4S.BrH/c1-3-4-5-6-7-8-9-10-11-12-13-14-15-16-25-41-36-33(30(2)39)18-17-19-34(36)42-28-35(40)37-32-22-20-31(21-23-32)27-38-24-26-43-29-38;/h17-24,26H,3-16,25,27-29H2,1-2H3,(H,37,40);1H. The second-order valence-corrected chi connectivity index (χ2v) is 12.4. The van der Waals surface area contributed by atoms with Crippen LogP contribution < -0.4 is 14.8 Å². The molecule has 8 heteroatoms. The smallest absolute Gasteiger partial charge is 0.262 e. The van der Waals surface area contributed by atoms with Crippen LogP contribution in [-0.4, -0.2) is 35.7 Å². The number of nitrogens with one attached hydrogen (secondary N) is 1. The Labute approximate surface area is 280 Å². The lowest BCUT2D eigenvalue weighted by Gasteiger charge is -2.16. The molecule has 0 radical (unpaired) electrons.